The van der Waals surface area contributed by atoms with Crippen LogP contribution in [0.1, 0.15) is 19.3 Å². The van der Waals surface area contributed by atoms with Gasteiger partial charge in [0.1, 0.15) is 0 Å². The summed E-state index contributed by atoms with van der Waals surface area (Å²) in [5, 5.41) is 6.13. The van der Waals surface area contributed by atoms with Crippen LogP contribution in [0.4, 0.5) is 5.95 Å². The van der Waals surface area contributed by atoms with E-state index in [-0.39, 0.29) is 42.5 Å². The normalized spacial score (nSPS) is 19.5. The molecule has 1 aromatic rings. The van der Waals surface area contributed by atoms with Crippen LogP contribution in [-0.4, -0.2) is 72.5 Å². The highest BCUT2D eigenvalue weighted by Crippen LogP contribution is 2.11. The fourth-order valence-corrected chi connectivity index (χ4v) is 3.28. The summed E-state index contributed by atoms with van der Waals surface area (Å²) in [7, 11) is 0. The number of amides is 2. The molecule has 27 heavy (non-hydrogen) atoms. The smallest absolute Gasteiger partial charge is 0.225 e. The van der Waals surface area contributed by atoms with Crippen molar-refractivity contribution in [1.82, 2.24) is 25.5 Å². The van der Waals surface area contributed by atoms with E-state index in [2.05, 4.69) is 25.5 Å². The number of carbonyl (C=O) groups excluding carboxylic acids is 2. The third-order valence-electron chi connectivity index (χ3n) is 4.77. The topological polar surface area (TPSA) is 90.5 Å². The number of anilines is 1. The van der Waals surface area contributed by atoms with Crippen molar-refractivity contribution in [3.63, 3.8) is 0 Å². The van der Waals surface area contributed by atoms with E-state index in [1.54, 1.807) is 18.5 Å². The van der Waals surface area contributed by atoms with Gasteiger partial charge < -0.3 is 20.4 Å². The number of nitrogens with one attached hydrogen (secondary N) is 2. The van der Waals surface area contributed by atoms with Crippen molar-refractivity contribution in [2.24, 2.45) is 5.92 Å². The van der Waals surface area contributed by atoms with Crippen molar-refractivity contribution in [2.45, 2.75) is 19.3 Å². The van der Waals surface area contributed by atoms with Crippen LogP contribution in [0.3, 0.4) is 0 Å². The van der Waals surface area contributed by atoms with Crippen LogP contribution in [0.2, 0.25) is 0 Å². The van der Waals surface area contributed by atoms with Gasteiger partial charge in [-0.15, -0.1) is 24.8 Å². The van der Waals surface area contributed by atoms with Gasteiger partial charge in [0, 0.05) is 58.1 Å². The van der Waals surface area contributed by atoms with Crippen molar-refractivity contribution in [2.75, 3.05) is 50.7 Å². The molecule has 3 rings (SSSR count). The van der Waals surface area contributed by atoms with E-state index in [9.17, 15) is 9.59 Å². The van der Waals surface area contributed by atoms with Gasteiger partial charge in [0.2, 0.25) is 17.8 Å². The number of piperazine rings is 1. The van der Waals surface area contributed by atoms with Crippen molar-refractivity contribution in [1.29, 1.82) is 0 Å². The lowest BCUT2D eigenvalue weighted by atomic mass is 9.99. The van der Waals surface area contributed by atoms with Crippen LogP contribution in [-0.2, 0) is 9.59 Å². The molecule has 10 heteroatoms. The molecule has 1 atom stereocenters. The van der Waals surface area contributed by atoms with Gasteiger partial charge in [-0.25, -0.2) is 9.97 Å². The highest BCUT2D eigenvalue weighted by Gasteiger charge is 2.23. The number of carbonyl (C=O) groups is 2. The van der Waals surface area contributed by atoms with Crippen LogP contribution in [0.25, 0.3) is 0 Å². The summed E-state index contributed by atoms with van der Waals surface area (Å²) in [4.78, 5) is 36.8. The first kappa shape index (κ1) is 23.4. The molecule has 1 aromatic heterocycles. The Hall–Kier alpha value is -1.64. The average Bonchev–Trinajstić information content (AvgIpc) is 2.69. The van der Waals surface area contributed by atoms with E-state index in [1.807, 2.05) is 4.90 Å². The molecule has 2 fully saturated rings. The number of nitrogens with zero attached hydrogens (tertiary/aromatic N) is 4. The zero-order valence-corrected chi connectivity index (χ0v) is 16.9. The van der Waals surface area contributed by atoms with Crippen molar-refractivity contribution in [3.05, 3.63) is 18.5 Å². The van der Waals surface area contributed by atoms with E-state index >= 15 is 0 Å². The maximum atomic E-state index is 12.3. The van der Waals surface area contributed by atoms with Crippen LogP contribution in [0, 0.1) is 5.92 Å². The number of hydrogen-bond donors (Lipinski definition) is 2. The Balaban J connectivity index is 0.00000182. The fourth-order valence-electron chi connectivity index (χ4n) is 3.28. The molecule has 152 valence electrons. The summed E-state index contributed by atoms with van der Waals surface area (Å²) in [6.07, 6.45) is 5.77. The predicted molar refractivity (Wildman–Crippen MR) is 109 cm³/mol. The van der Waals surface area contributed by atoms with Gasteiger partial charge in [0.15, 0.2) is 0 Å². The van der Waals surface area contributed by atoms with Gasteiger partial charge in [-0.3, -0.25) is 9.59 Å². The van der Waals surface area contributed by atoms with Crippen LogP contribution in [0.15, 0.2) is 18.5 Å². The van der Waals surface area contributed by atoms with E-state index in [0.29, 0.717) is 32.0 Å². The van der Waals surface area contributed by atoms with Gasteiger partial charge in [-0.05, 0) is 25.5 Å². The van der Waals surface area contributed by atoms with Crippen LogP contribution >= 0.6 is 24.8 Å². The van der Waals surface area contributed by atoms with E-state index in [1.165, 1.54) is 0 Å². The lowest BCUT2D eigenvalue weighted by molar-refractivity contribution is -0.131. The molecule has 0 saturated carbocycles. The van der Waals surface area contributed by atoms with E-state index in [4.69, 9.17) is 0 Å². The molecule has 2 aliphatic rings. The third-order valence-corrected chi connectivity index (χ3v) is 4.77. The Morgan fingerprint density at radius 3 is 2.48 bits per heavy atom. The molecule has 2 amide bonds. The molecule has 0 bridgehead atoms. The molecule has 2 N–H and O–H groups in total. The molecule has 0 aromatic carbocycles. The first-order chi connectivity index (χ1) is 12.2. The SMILES string of the molecule is Cl.Cl.O=C(NCCC(=O)N1CCN(c2ncccn2)CC1)C1CCCNC1. The van der Waals surface area contributed by atoms with Crippen molar-refractivity contribution in [3.8, 4) is 0 Å². The first-order valence-electron chi connectivity index (χ1n) is 9.02. The number of hydrogen-bond acceptors (Lipinski definition) is 6. The fraction of sp³-hybridized carbons (Fsp3) is 0.647. The summed E-state index contributed by atoms with van der Waals surface area (Å²) in [6.45, 7) is 4.93. The molecule has 0 aliphatic carbocycles. The number of aromatic nitrogens is 2. The number of rotatable bonds is 5. The Bertz CT molecular complexity index is 578. The first-order valence-corrected chi connectivity index (χ1v) is 9.02. The Labute approximate surface area is 172 Å². The highest BCUT2D eigenvalue weighted by molar-refractivity contribution is 5.85. The minimum absolute atomic E-state index is 0. The van der Waals surface area contributed by atoms with Gasteiger partial charge in [-0.2, -0.15) is 0 Å². The van der Waals surface area contributed by atoms with Crippen LogP contribution in [0.5, 0.6) is 0 Å². The second kappa shape index (κ2) is 11.9. The molecule has 1 unspecified atom stereocenters. The predicted octanol–water partition coefficient (Wildman–Crippen LogP) is 0.475. The van der Waals surface area contributed by atoms with Gasteiger partial charge in [-0.1, -0.05) is 0 Å². The zero-order chi connectivity index (χ0) is 17.5. The van der Waals surface area contributed by atoms with Crippen LogP contribution < -0.4 is 15.5 Å². The minimum atomic E-state index is 0. The molecule has 3 heterocycles. The number of piperidine rings is 1. The zero-order valence-electron chi connectivity index (χ0n) is 15.3. The minimum Gasteiger partial charge on any atom is -0.355 e. The summed E-state index contributed by atoms with van der Waals surface area (Å²) in [6, 6.07) is 1.79. The molecular weight excluding hydrogens is 391 g/mol. The van der Waals surface area contributed by atoms with E-state index in [0.717, 1.165) is 39.0 Å². The van der Waals surface area contributed by atoms with Gasteiger partial charge in [0.05, 0.1) is 5.92 Å². The van der Waals surface area contributed by atoms with Gasteiger partial charge in [0.25, 0.3) is 0 Å². The molecule has 2 saturated heterocycles. The lowest BCUT2D eigenvalue weighted by Crippen LogP contribution is -2.50. The molecular formula is C17H28Cl2N6O2. The maximum Gasteiger partial charge on any atom is 0.225 e. The summed E-state index contributed by atoms with van der Waals surface area (Å²) in [5.41, 5.74) is 0. The third kappa shape index (κ3) is 6.79. The quantitative estimate of drug-likeness (QED) is 0.722. The second-order valence-corrected chi connectivity index (χ2v) is 6.50. The second-order valence-electron chi connectivity index (χ2n) is 6.50. The summed E-state index contributed by atoms with van der Waals surface area (Å²) >= 11 is 0. The largest absolute Gasteiger partial charge is 0.355 e. The summed E-state index contributed by atoms with van der Waals surface area (Å²) < 4.78 is 0. The van der Waals surface area contributed by atoms with Crippen molar-refractivity contribution < 1.29 is 9.59 Å². The lowest BCUT2D eigenvalue weighted by Gasteiger charge is -2.34. The van der Waals surface area contributed by atoms with Gasteiger partial charge >= 0.3 is 0 Å². The average molecular weight is 419 g/mol. The Morgan fingerprint density at radius 2 is 1.85 bits per heavy atom. The molecule has 8 nitrogen and oxygen atoms in total. The van der Waals surface area contributed by atoms with E-state index < -0.39 is 0 Å². The Morgan fingerprint density at radius 1 is 1.15 bits per heavy atom. The molecule has 0 spiro atoms. The molecule has 2 aliphatic heterocycles. The maximum absolute atomic E-state index is 12.3. The standard InChI is InChI=1S/C17H26N6O2.2ClH/c24-15(4-8-19-16(25)14-3-1-5-18-13-14)22-9-11-23(12-10-22)17-20-6-2-7-21-17;;/h2,6-7,14,18H,1,3-5,8-13H2,(H,19,25);2*1H. The Kier molecular flexibility index (Phi) is 10.4. The summed E-state index contributed by atoms with van der Waals surface area (Å²) in [5.74, 6) is 0.906. The number of halogens is 2. The van der Waals surface area contributed by atoms with Crippen molar-refractivity contribution >= 4 is 42.6 Å². The monoisotopic (exact) mass is 418 g/mol. The highest BCUT2D eigenvalue weighted by atomic mass is 35.5. The molecule has 0 radical (unpaired) electrons.